The maximum absolute atomic E-state index is 12.2. The Bertz CT molecular complexity index is 326. The smallest absolute Gasteiger partial charge is 0.226 e. The molecule has 2 saturated carbocycles. The van der Waals surface area contributed by atoms with Crippen molar-refractivity contribution in [2.45, 2.75) is 39.2 Å². The first-order chi connectivity index (χ1) is 7.49. The summed E-state index contributed by atoms with van der Waals surface area (Å²) in [6.45, 7) is 6.29. The Hall–Kier alpha value is -0.570. The van der Waals surface area contributed by atoms with Gasteiger partial charge in [-0.2, -0.15) is 0 Å². The maximum atomic E-state index is 12.2. The number of hydrogen-bond donors (Lipinski definition) is 1. The van der Waals surface area contributed by atoms with E-state index in [9.17, 15) is 4.79 Å². The van der Waals surface area contributed by atoms with E-state index in [1.54, 1.807) is 0 Å². The lowest BCUT2D eigenvalue weighted by atomic mass is 9.98. The fourth-order valence-corrected chi connectivity index (χ4v) is 3.60. The van der Waals surface area contributed by atoms with E-state index in [4.69, 9.17) is 5.73 Å². The quantitative estimate of drug-likeness (QED) is 0.725. The Morgan fingerprint density at radius 2 is 2.00 bits per heavy atom. The zero-order valence-corrected chi connectivity index (χ0v) is 10.3. The number of carbonyl (C=O) groups excluding carboxylic acids is 1. The zero-order chi connectivity index (χ0) is 11.5. The van der Waals surface area contributed by atoms with Gasteiger partial charge >= 0.3 is 0 Å². The molecule has 0 bridgehead atoms. The average molecular weight is 222 g/mol. The zero-order valence-electron chi connectivity index (χ0n) is 10.3. The molecule has 3 nitrogen and oxygen atoms in total. The van der Waals surface area contributed by atoms with Crippen molar-refractivity contribution in [3.05, 3.63) is 0 Å². The van der Waals surface area contributed by atoms with E-state index in [1.807, 2.05) is 0 Å². The van der Waals surface area contributed by atoms with Crippen molar-refractivity contribution in [1.82, 2.24) is 4.90 Å². The molecule has 3 aliphatic rings. The number of fused-ring (bicyclic) bond motifs is 1. The van der Waals surface area contributed by atoms with Crippen LogP contribution in [-0.2, 0) is 4.79 Å². The molecule has 2 N–H and O–H groups in total. The van der Waals surface area contributed by atoms with Crippen LogP contribution in [0.2, 0.25) is 0 Å². The molecule has 0 spiro atoms. The van der Waals surface area contributed by atoms with Crippen molar-refractivity contribution in [2.75, 3.05) is 13.1 Å². The minimum absolute atomic E-state index is 0.261. The summed E-state index contributed by atoms with van der Waals surface area (Å²) in [6, 6.07) is 0.343. The minimum Gasteiger partial charge on any atom is -0.342 e. The Labute approximate surface area is 97.4 Å². The molecule has 0 aromatic rings. The van der Waals surface area contributed by atoms with Gasteiger partial charge in [0.05, 0.1) is 0 Å². The highest BCUT2D eigenvalue weighted by Gasteiger charge is 2.54. The van der Waals surface area contributed by atoms with Crippen LogP contribution in [0.5, 0.6) is 0 Å². The predicted octanol–water partition coefficient (Wildman–Crippen LogP) is 1.23. The summed E-state index contributed by atoms with van der Waals surface area (Å²) in [5.41, 5.74) is 6.35. The maximum Gasteiger partial charge on any atom is 0.226 e. The number of rotatable bonds is 1. The summed E-state index contributed by atoms with van der Waals surface area (Å²) in [7, 11) is 0. The Kier molecular flexibility index (Phi) is 2.13. The molecule has 1 heterocycles. The van der Waals surface area contributed by atoms with E-state index in [0.717, 1.165) is 25.9 Å². The second kappa shape index (κ2) is 3.22. The van der Waals surface area contributed by atoms with Crippen LogP contribution in [0.15, 0.2) is 0 Å². The lowest BCUT2D eigenvalue weighted by Crippen LogP contribution is -2.35. The van der Waals surface area contributed by atoms with Gasteiger partial charge in [-0.1, -0.05) is 13.8 Å². The van der Waals surface area contributed by atoms with Gasteiger partial charge in [0, 0.05) is 25.0 Å². The number of amides is 1. The highest BCUT2D eigenvalue weighted by atomic mass is 16.2. The number of likely N-dealkylation sites (tertiary alicyclic amines) is 1. The molecule has 3 fully saturated rings. The molecular weight excluding hydrogens is 200 g/mol. The van der Waals surface area contributed by atoms with Gasteiger partial charge in [0.25, 0.3) is 0 Å². The minimum atomic E-state index is 0.261. The van der Waals surface area contributed by atoms with Gasteiger partial charge < -0.3 is 10.6 Å². The van der Waals surface area contributed by atoms with E-state index in [0.29, 0.717) is 29.7 Å². The fourth-order valence-electron chi connectivity index (χ4n) is 3.60. The second-order valence-electron chi connectivity index (χ2n) is 6.65. The standard InChI is InChI=1S/C13H22N2O/c1-13(2)5-10(13)12(16)15-6-8-3-4-11(14)9(8)7-15/h8-11H,3-7,14H2,1-2H3. The summed E-state index contributed by atoms with van der Waals surface area (Å²) >= 11 is 0. The Morgan fingerprint density at radius 3 is 2.56 bits per heavy atom. The Balaban J connectivity index is 1.64. The van der Waals surface area contributed by atoms with Gasteiger partial charge in [-0.25, -0.2) is 0 Å². The first-order valence-electron chi connectivity index (χ1n) is 6.53. The number of carbonyl (C=O) groups is 1. The van der Waals surface area contributed by atoms with Crippen LogP contribution in [-0.4, -0.2) is 29.9 Å². The number of nitrogens with two attached hydrogens (primary N) is 1. The van der Waals surface area contributed by atoms with Crippen LogP contribution in [0, 0.1) is 23.2 Å². The molecule has 3 heteroatoms. The van der Waals surface area contributed by atoms with Crippen molar-refractivity contribution < 1.29 is 4.79 Å². The molecule has 90 valence electrons. The first-order valence-corrected chi connectivity index (χ1v) is 6.53. The van der Waals surface area contributed by atoms with Crippen molar-refractivity contribution >= 4 is 5.91 Å². The van der Waals surface area contributed by atoms with Gasteiger partial charge in [-0.15, -0.1) is 0 Å². The second-order valence-corrected chi connectivity index (χ2v) is 6.65. The first kappa shape index (κ1) is 10.6. The highest BCUT2D eigenvalue weighted by Crippen LogP contribution is 2.53. The number of hydrogen-bond acceptors (Lipinski definition) is 2. The van der Waals surface area contributed by atoms with E-state index in [1.165, 1.54) is 6.42 Å². The summed E-state index contributed by atoms with van der Waals surface area (Å²) < 4.78 is 0. The van der Waals surface area contributed by atoms with Crippen LogP contribution in [0.25, 0.3) is 0 Å². The average Bonchev–Trinajstić information content (AvgIpc) is 2.63. The molecule has 1 saturated heterocycles. The van der Waals surface area contributed by atoms with Gasteiger partial charge in [-0.05, 0) is 36.5 Å². The van der Waals surface area contributed by atoms with E-state index in [2.05, 4.69) is 18.7 Å². The summed E-state index contributed by atoms with van der Waals surface area (Å²) in [5.74, 6) is 1.97. The summed E-state index contributed by atoms with van der Waals surface area (Å²) in [4.78, 5) is 14.3. The van der Waals surface area contributed by atoms with Crippen LogP contribution in [0.1, 0.15) is 33.1 Å². The molecule has 2 aliphatic carbocycles. The summed E-state index contributed by atoms with van der Waals surface area (Å²) in [6.07, 6.45) is 3.46. The van der Waals surface area contributed by atoms with E-state index in [-0.39, 0.29) is 5.41 Å². The van der Waals surface area contributed by atoms with Crippen molar-refractivity contribution in [3.63, 3.8) is 0 Å². The van der Waals surface area contributed by atoms with Crippen molar-refractivity contribution in [3.8, 4) is 0 Å². The van der Waals surface area contributed by atoms with Gasteiger partial charge in [-0.3, -0.25) is 4.79 Å². The largest absolute Gasteiger partial charge is 0.342 e. The molecular formula is C13H22N2O. The third-order valence-corrected chi connectivity index (χ3v) is 5.04. The molecule has 0 aromatic heterocycles. The molecule has 16 heavy (non-hydrogen) atoms. The molecule has 1 aliphatic heterocycles. The van der Waals surface area contributed by atoms with Crippen LogP contribution < -0.4 is 5.73 Å². The molecule has 3 rings (SSSR count). The Morgan fingerprint density at radius 1 is 1.31 bits per heavy atom. The monoisotopic (exact) mass is 222 g/mol. The molecule has 1 amide bonds. The SMILES string of the molecule is CC1(C)CC1C(=O)N1CC2CCC(N)C2C1. The third-order valence-electron chi connectivity index (χ3n) is 5.04. The normalized spacial score (nSPS) is 44.6. The van der Waals surface area contributed by atoms with Crippen LogP contribution in [0.4, 0.5) is 0 Å². The van der Waals surface area contributed by atoms with Gasteiger partial charge in [0.2, 0.25) is 5.91 Å². The van der Waals surface area contributed by atoms with Crippen molar-refractivity contribution in [2.24, 2.45) is 28.9 Å². The van der Waals surface area contributed by atoms with Crippen molar-refractivity contribution in [1.29, 1.82) is 0 Å². The highest BCUT2D eigenvalue weighted by molar-refractivity contribution is 5.82. The fraction of sp³-hybridized carbons (Fsp3) is 0.923. The topological polar surface area (TPSA) is 46.3 Å². The van der Waals surface area contributed by atoms with E-state index < -0.39 is 0 Å². The van der Waals surface area contributed by atoms with Crippen LogP contribution in [0.3, 0.4) is 0 Å². The number of nitrogens with zero attached hydrogens (tertiary/aromatic N) is 1. The lowest BCUT2D eigenvalue weighted by molar-refractivity contribution is -0.132. The molecule has 0 radical (unpaired) electrons. The van der Waals surface area contributed by atoms with Gasteiger partial charge in [0.15, 0.2) is 0 Å². The lowest BCUT2D eigenvalue weighted by Gasteiger charge is -2.19. The van der Waals surface area contributed by atoms with Crippen LogP contribution >= 0.6 is 0 Å². The van der Waals surface area contributed by atoms with E-state index >= 15 is 0 Å². The third kappa shape index (κ3) is 1.48. The summed E-state index contributed by atoms with van der Waals surface area (Å²) in [5, 5.41) is 0. The molecule has 4 atom stereocenters. The molecule has 4 unspecified atom stereocenters. The predicted molar refractivity (Wildman–Crippen MR) is 62.7 cm³/mol. The molecule has 0 aromatic carbocycles. The van der Waals surface area contributed by atoms with Gasteiger partial charge in [0.1, 0.15) is 0 Å².